The summed E-state index contributed by atoms with van der Waals surface area (Å²) >= 11 is 3.40. The minimum atomic E-state index is 0.391. The van der Waals surface area contributed by atoms with Crippen LogP contribution in [0.15, 0.2) is 30.5 Å². The minimum absolute atomic E-state index is 0.391. The topological polar surface area (TPSA) is 58.8 Å². The van der Waals surface area contributed by atoms with Crippen molar-refractivity contribution < 1.29 is 4.74 Å². The number of aryl methyl sites for hydroxylation is 1. The van der Waals surface area contributed by atoms with Crippen LogP contribution < -0.4 is 4.74 Å². The molecule has 2 rings (SSSR count). The standard InChI is InChI=1S/C14H12BrN3O/c1-10-2-3-14(13(7-15)18-10)19-9-11-4-5-17-12(6-11)8-16/h2-6H,7,9H2,1H3. The zero-order valence-corrected chi connectivity index (χ0v) is 12.0. The van der Waals surface area contributed by atoms with E-state index in [-0.39, 0.29) is 0 Å². The number of hydrogen-bond donors (Lipinski definition) is 0. The molecular formula is C14H12BrN3O. The number of nitrogens with zero attached hydrogens (tertiary/aromatic N) is 3. The molecule has 5 heteroatoms. The lowest BCUT2D eigenvalue weighted by molar-refractivity contribution is 0.302. The molecule has 2 heterocycles. The molecule has 0 aliphatic carbocycles. The van der Waals surface area contributed by atoms with Gasteiger partial charge in [-0.2, -0.15) is 5.26 Å². The van der Waals surface area contributed by atoms with Gasteiger partial charge in [-0.1, -0.05) is 15.9 Å². The third-order valence-corrected chi connectivity index (χ3v) is 3.06. The maximum absolute atomic E-state index is 8.79. The quantitative estimate of drug-likeness (QED) is 0.813. The first-order valence-electron chi connectivity index (χ1n) is 5.73. The van der Waals surface area contributed by atoms with Crippen molar-refractivity contribution in [3.05, 3.63) is 53.1 Å². The van der Waals surface area contributed by atoms with Crippen molar-refractivity contribution in [2.24, 2.45) is 0 Å². The zero-order valence-electron chi connectivity index (χ0n) is 10.4. The highest BCUT2D eigenvalue weighted by Crippen LogP contribution is 2.20. The Bertz CT molecular complexity index is 622. The summed E-state index contributed by atoms with van der Waals surface area (Å²) in [7, 11) is 0. The van der Waals surface area contributed by atoms with Crippen LogP contribution >= 0.6 is 15.9 Å². The van der Waals surface area contributed by atoms with Crippen LogP contribution in [0, 0.1) is 18.3 Å². The van der Waals surface area contributed by atoms with Crippen molar-refractivity contribution in [2.45, 2.75) is 18.9 Å². The second-order valence-corrected chi connectivity index (χ2v) is 4.54. The van der Waals surface area contributed by atoms with E-state index >= 15 is 0 Å². The summed E-state index contributed by atoms with van der Waals surface area (Å²) in [6.45, 7) is 2.33. The van der Waals surface area contributed by atoms with Crippen molar-refractivity contribution >= 4 is 15.9 Å². The number of rotatable bonds is 4. The van der Waals surface area contributed by atoms with E-state index in [0.717, 1.165) is 22.7 Å². The van der Waals surface area contributed by atoms with E-state index in [1.54, 1.807) is 12.3 Å². The monoisotopic (exact) mass is 317 g/mol. The van der Waals surface area contributed by atoms with Gasteiger partial charge in [0.25, 0.3) is 0 Å². The van der Waals surface area contributed by atoms with Gasteiger partial charge in [-0.25, -0.2) is 4.98 Å². The van der Waals surface area contributed by atoms with Crippen molar-refractivity contribution in [3.63, 3.8) is 0 Å². The Kier molecular flexibility index (Phi) is 4.48. The molecular weight excluding hydrogens is 306 g/mol. The summed E-state index contributed by atoms with van der Waals surface area (Å²) in [6, 6.07) is 9.38. The average molecular weight is 318 g/mol. The molecule has 0 aromatic carbocycles. The maximum atomic E-state index is 8.79. The lowest BCUT2D eigenvalue weighted by atomic mass is 10.2. The van der Waals surface area contributed by atoms with E-state index in [1.807, 2.05) is 31.2 Å². The maximum Gasteiger partial charge on any atom is 0.142 e. The van der Waals surface area contributed by atoms with Gasteiger partial charge < -0.3 is 4.74 Å². The van der Waals surface area contributed by atoms with Gasteiger partial charge in [-0.3, -0.25) is 4.98 Å². The molecule has 0 amide bonds. The second kappa shape index (κ2) is 6.30. The Balaban J connectivity index is 2.12. The van der Waals surface area contributed by atoms with E-state index in [4.69, 9.17) is 10.00 Å². The van der Waals surface area contributed by atoms with Crippen LogP contribution in [-0.2, 0) is 11.9 Å². The Labute approximate surface area is 120 Å². The largest absolute Gasteiger partial charge is 0.487 e. The highest BCUT2D eigenvalue weighted by Gasteiger charge is 2.05. The smallest absolute Gasteiger partial charge is 0.142 e. The first-order valence-corrected chi connectivity index (χ1v) is 6.85. The predicted molar refractivity (Wildman–Crippen MR) is 74.9 cm³/mol. The van der Waals surface area contributed by atoms with Gasteiger partial charge in [-0.05, 0) is 36.8 Å². The van der Waals surface area contributed by atoms with E-state index in [0.29, 0.717) is 17.6 Å². The zero-order chi connectivity index (χ0) is 13.7. The van der Waals surface area contributed by atoms with Gasteiger partial charge >= 0.3 is 0 Å². The van der Waals surface area contributed by atoms with Crippen LogP contribution in [0.1, 0.15) is 22.6 Å². The second-order valence-electron chi connectivity index (χ2n) is 3.98. The summed E-state index contributed by atoms with van der Waals surface area (Å²) < 4.78 is 5.74. The minimum Gasteiger partial charge on any atom is -0.487 e. The fourth-order valence-electron chi connectivity index (χ4n) is 1.61. The number of hydrogen-bond acceptors (Lipinski definition) is 4. The molecule has 2 aromatic heterocycles. The van der Waals surface area contributed by atoms with Gasteiger partial charge in [0.05, 0.1) is 5.69 Å². The number of aromatic nitrogens is 2. The van der Waals surface area contributed by atoms with Crippen LogP contribution in [0.3, 0.4) is 0 Å². The molecule has 0 N–H and O–H groups in total. The summed E-state index contributed by atoms with van der Waals surface area (Å²) in [4.78, 5) is 8.32. The number of pyridine rings is 2. The van der Waals surface area contributed by atoms with Gasteiger partial charge in [0.2, 0.25) is 0 Å². The van der Waals surface area contributed by atoms with E-state index in [1.165, 1.54) is 0 Å². The molecule has 0 aliphatic heterocycles. The highest BCUT2D eigenvalue weighted by atomic mass is 79.9. The van der Waals surface area contributed by atoms with Crippen LogP contribution in [-0.4, -0.2) is 9.97 Å². The predicted octanol–water partition coefficient (Wildman–Crippen LogP) is 3.13. The molecule has 0 saturated carbocycles. The molecule has 19 heavy (non-hydrogen) atoms. The Morgan fingerprint density at radius 1 is 1.37 bits per heavy atom. The molecule has 0 unspecified atom stereocenters. The Hall–Kier alpha value is -1.93. The first-order chi connectivity index (χ1) is 9.22. The van der Waals surface area contributed by atoms with Gasteiger partial charge in [0.1, 0.15) is 24.1 Å². The molecule has 4 nitrogen and oxygen atoms in total. The van der Waals surface area contributed by atoms with Gasteiger partial charge in [-0.15, -0.1) is 0 Å². The van der Waals surface area contributed by atoms with Gasteiger partial charge in [0, 0.05) is 17.2 Å². The summed E-state index contributed by atoms with van der Waals surface area (Å²) in [5, 5.41) is 9.43. The lowest BCUT2D eigenvalue weighted by Gasteiger charge is -2.10. The van der Waals surface area contributed by atoms with Crippen molar-refractivity contribution in [3.8, 4) is 11.8 Å². The van der Waals surface area contributed by atoms with Crippen molar-refractivity contribution in [1.82, 2.24) is 9.97 Å². The summed E-state index contributed by atoms with van der Waals surface area (Å²) in [5.41, 5.74) is 3.13. The van der Waals surface area contributed by atoms with E-state index < -0.39 is 0 Å². The number of nitriles is 1. The fourth-order valence-corrected chi connectivity index (χ4v) is 2.01. The first kappa shape index (κ1) is 13.5. The third kappa shape index (κ3) is 3.52. The molecule has 0 radical (unpaired) electrons. The summed E-state index contributed by atoms with van der Waals surface area (Å²) in [6.07, 6.45) is 1.61. The molecule has 0 aliphatic rings. The fraction of sp³-hybridized carbons (Fsp3) is 0.214. The van der Waals surface area contributed by atoms with Gasteiger partial charge in [0.15, 0.2) is 0 Å². The highest BCUT2D eigenvalue weighted by molar-refractivity contribution is 9.08. The molecule has 0 atom stereocenters. The molecule has 0 fully saturated rings. The Morgan fingerprint density at radius 3 is 2.95 bits per heavy atom. The van der Waals surface area contributed by atoms with Crippen LogP contribution in [0.4, 0.5) is 0 Å². The Morgan fingerprint density at radius 2 is 2.21 bits per heavy atom. The van der Waals surface area contributed by atoms with Crippen LogP contribution in [0.25, 0.3) is 0 Å². The number of halogens is 1. The molecule has 0 bridgehead atoms. The van der Waals surface area contributed by atoms with Crippen molar-refractivity contribution in [1.29, 1.82) is 5.26 Å². The average Bonchev–Trinajstić information content (AvgIpc) is 2.46. The third-order valence-electron chi connectivity index (χ3n) is 2.53. The molecule has 0 spiro atoms. The lowest BCUT2D eigenvalue weighted by Crippen LogP contribution is -2.01. The van der Waals surface area contributed by atoms with Crippen LogP contribution in [0.2, 0.25) is 0 Å². The van der Waals surface area contributed by atoms with Crippen LogP contribution in [0.5, 0.6) is 5.75 Å². The number of ether oxygens (including phenoxy) is 1. The molecule has 0 saturated heterocycles. The normalized spacial score (nSPS) is 9.95. The summed E-state index contributed by atoms with van der Waals surface area (Å²) in [5.74, 6) is 0.748. The SMILES string of the molecule is Cc1ccc(OCc2ccnc(C#N)c2)c(CBr)n1. The number of alkyl halides is 1. The molecule has 2 aromatic rings. The van der Waals surface area contributed by atoms with E-state index in [9.17, 15) is 0 Å². The van der Waals surface area contributed by atoms with Crippen molar-refractivity contribution in [2.75, 3.05) is 0 Å². The van der Waals surface area contributed by atoms with E-state index in [2.05, 4.69) is 25.9 Å². The molecule has 96 valence electrons.